The number of carbonyl (C=O) groups is 2. The molecule has 0 amide bonds. The van der Waals surface area contributed by atoms with Gasteiger partial charge in [-0.2, -0.15) is 20.2 Å². The Kier molecular flexibility index (Phi) is 5.60. The number of nitrogens with one attached hydrogen (secondary N) is 2. The number of benzene rings is 3. The van der Waals surface area contributed by atoms with Crippen LogP contribution in [0.25, 0.3) is 22.8 Å². The van der Waals surface area contributed by atoms with Crippen molar-refractivity contribution < 1.29 is 19.1 Å². The summed E-state index contributed by atoms with van der Waals surface area (Å²) in [6, 6.07) is 24.3. The molecule has 2 N–H and O–H groups in total. The van der Waals surface area contributed by atoms with Crippen LogP contribution >= 0.6 is 0 Å². The van der Waals surface area contributed by atoms with E-state index in [2.05, 4.69) is 30.4 Å². The second-order valence-electron chi connectivity index (χ2n) is 7.02. The Bertz CT molecular complexity index is 1320. The summed E-state index contributed by atoms with van der Waals surface area (Å²) in [6.45, 7) is 0. The zero-order valence-electron chi connectivity index (χ0n) is 17.5. The molecule has 3 aromatic carbocycles. The van der Waals surface area contributed by atoms with E-state index in [1.165, 1.54) is 24.3 Å². The third kappa shape index (κ3) is 4.55. The molecule has 0 radical (unpaired) electrons. The van der Waals surface area contributed by atoms with Crippen molar-refractivity contribution in [2.45, 2.75) is 0 Å². The molecule has 0 atom stereocenters. The average molecular weight is 452 g/mol. The molecular formula is C24H16N6O4. The molecule has 0 saturated heterocycles. The standard InChI is InChI=1S/C24H16N6O4/c31-21(33-23-25-19(27-29-23)15-7-3-1-4-8-15)17-11-13-18(14-12-17)22(32)34-24-26-20(28-30-24)16-9-5-2-6-10-16/h1-14H,(H,25,27,29)(H,26,28,30). The number of esters is 2. The molecule has 5 aromatic rings. The highest BCUT2D eigenvalue weighted by molar-refractivity contribution is 5.94. The maximum atomic E-state index is 12.4. The third-order valence-corrected chi connectivity index (χ3v) is 4.73. The number of carbonyl (C=O) groups excluding carboxylic acids is 2. The molecule has 0 aliphatic heterocycles. The predicted molar refractivity (Wildman–Crippen MR) is 120 cm³/mol. The van der Waals surface area contributed by atoms with Gasteiger partial charge in [-0.1, -0.05) is 60.7 Å². The van der Waals surface area contributed by atoms with Crippen molar-refractivity contribution in [3.63, 3.8) is 0 Å². The van der Waals surface area contributed by atoms with Crippen molar-refractivity contribution in [2.24, 2.45) is 0 Å². The summed E-state index contributed by atoms with van der Waals surface area (Å²) in [5, 5.41) is 13.2. The van der Waals surface area contributed by atoms with Gasteiger partial charge >= 0.3 is 24.0 Å². The van der Waals surface area contributed by atoms with Gasteiger partial charge in [0.25, 0.3) is 0 Å². The summed E-state index contributed by atoms with van der Waals surface area (Å²) in [4.78, 5) is 33.2. The number of aromatic nitrogens is 6. The van der Waals surface area contributed by atoms with Crippen LogP contribution in [0.4, 0.5) is 0 Å². The van der Waals surface area contributed by atoms with Crippen LogP contribution in [0.1, 0.15) is 20.7 Å². The van der Waals surface area contributed by atoms with E-state index in [4.69, 9.17) is 9.47 Å². The lowest BCUT2D eigenvalue weighted by Gasteiger charge is -2.03. The fourth-order valence-electron chi connectivity index (χ4n) is 3.05. The van der Waals surface area contributed by atoms with Gasteiger partial charge in [0.2, 0.25) is 0 Å². The molecule has 0 bridgehead atoms. The fraction of sp³-hybridized carbons (Fsp3) is 0. The van der Waals surface area contributed by atoms with Crippen molar-refractivity contribution in [3.05, 3.63) is 96.1 Å². The Labute approximate surface area is 192 Å². The van der Waals surface area contributed by atoms with E-state index in [-0.39, 0.29) is 23.1 Å². The second-order valence-corrected chi connectivity index (χ2v) is 7.02. The zero-order chi connectivity index (χ0) is 23.3. The molecule has 0 unspecified atom stereocenters. The molecule has 166 valence electrons. The molecule has 0 saturated carbocycles. The van der Waals surface area contributed by atoms with E-state index in [1.54, 1.807) is 0 Å². The Morgan fingerprint density at radius 3 is 1.32 bits per heavy atom. The summed E-state index contributed by atoms with van der Waals surface area (Å²) in [5.74, 6) is -0.495. The van der Waals surface area contributed by atoms with Crippen LogP contribution in [-0.2, 0) is 0 Å². The SMILES string of the molecule is O=C(Oc1nc(-c2ccccc2)n[nH]1)c1ccc(C(=O)Oc2nc(-c3ccccc3)n[nH]2)cc1. The van der Waals surface area contributed by atoms with Crippen molar-refractivity contribution in [1.29, 1.82) is 0 Å². The first-order valence-electron chi connectivity index (χ1n) is 10.2. The van der Waals surface area contributed by atoms with Gasteiger partial charge in [-0.3, -0.25) is 0 Å². The molecule has 5 rings (SSSR count). The van der Waals surface area contributed by atoms with Gasteiger partial charge in [0.1, 0.15) is 0 Å². The normalized spacial score (nSPS) is 10.6. The number of hydrogen-bond donors (Lipinski definition) is 2. The Morgan fingerprint density at radius 1 is 0.559 bits per heavy atom. The highest BCUT2D eigenvalue weighted by Crippen LogP contribution is 2.18. The molecule has 0 fully saturated rings. The number of H-pyrrole nitrogens is 2. The summed E-state index contributed by atoms with van der Waals surface area (Å²) in [6.07, 6.45) is 0. The van der Waals surface area contributed by atoms with Crippen LogP contribution in [0.3, 0.4) is 0 Å². The van der Waals surface area contributed by atoms with Crippen LogP contribution in [0, 0.1) is 0 Å². The second kappa shape index (κ2) is 9.17. The number of nitrogens with zero attached hydrogens (tertiary/aromatic N) is 4. The Morgan fingerprint density at radius 2 is 0.941 bits per heavy atom. The smallest absolute Gasteiger partial charge is 0.345 e. The van der Waals surface area contributed by atoms with Gasteiger partial charge in [0.05, 0.1) is 11.1 Å². The first-order chi connectivity index (χ1) is 16.7. The van der Waals surface area contributed by atoms with Crippen LogP contribution in [0.5, 0.6) is 12.0 Å². The lowest BCUT2D eigenvalue weighted by Crippen LogP contribution is -2.12. The van der Waals surface area contributed by atoms with Gasteiger partial charge in [-0.05, 0) is 24.3 Å². The fourth-order valence-corrected chi connectivity index (χ4v) is 3.05. The molecule has 0 aliphatic rings. The van der Waals surface area contributed by atoms with Crippen molar-refractivity contribution in [3.8, 4) is 34.8 Å². The number of aromatic amines is 2. The van der Waals surface area contributed by atoms with E-state index in [1.807, 2.05) is 60.7 Å². The minimum atomic E-state index is -0.654. The molecule has 10 heteroatoms. The molecule has 0 aliphatic carbocycles. The molecule has 0 spiro atoms. The summed E-state index contributed by atoms with van der Waals surface area (Å²) < 4.78 is 10.5. The zero-order valence-corrected chi connectivity index (χ0v) is 17.5. The van der Waals surface area contributed by atoms with Crippen LogP contribution in [-0.4, -0.2) is 42.3 Å². The maximum absolute atomic E-state index is 12.4. The van der Waals surface area contributed by atoms with Crippen LogP contribution < -0.4 is 9.47 Å². The maximum Gasteiger partial charge on any atom is 0.345 e. The molecule has 2 heterocycles. The minimum absolute atomic E-state index is 0.0353. The van der Waals surface area contributed by atoms with E-state index >= 15 is 0 Å². The van der Waals surface area contributed by atoms with Crippen molar-refractivity contribution >= 4 is 11.9 Å². The monoisotopic (exact) mass is 452 g/mol. The lowest BCUT2D eigenvalue weighted by atomic mass is 10.1. The Balaban J connectivity index is 1.21. The highest BCUT2D eigenvalue weighted by Gasteiger charge is 2.16. The van der Waals surface area contributed by atoms with E-state index < -0.39 is 11.9 Å². The predicted octanol–water partition coefficient (Wildman–Crippen LogP) is 3.70. The van der Waals surface area contributed by atoms with Gasteiger partial charge in [-0.25, -0.2) is 19.8 Å². The molecule has 10 nitrogen and oxygen atoms in total. The first kappa shape index (κ1) is 20.8. The number of ether oxygens (including phenoxy) is 2. The number of rotatable bonds is 6. The Hall–Kier alpha value is -5.12. The van der Waals surface area contributed by atoms with Gasteiger partial charge in [0.15, 0.2) is 11.6 Å². The van der Waals surface area contributed by atoms with Crippen LogP contribution in [0.15, 0.2) is 84.9 Å². The molecule has 34 heavy (non-hydrogen) atoms. The van der Waals surface area contributed by atoms with E-state index in [9.17, 15) is 9.59 Å². The van der Waals surface area contributed by atoms with E-state index in [0.717, 1.165) is 11.1 Å². The topological polar surface area (TPSA) is 136 Å². The highest BCUT2D eigenvalue weighted by atomic mass is 16.6. The lowest BCUT2D eigenvalue weighted by molar-refractivity contribution is 0.0705. The van der Waals surface area contributed by atoms with Crippen molar-refractivity contribution in [2.75, 3.05) is 0 Å². The van der Waals surface area contributed by atoms with Crippen LogP contribution in [0.2, 0.25) is 0 Å². The molecule has 2 aromatic heterocycles. The van der Waals surface area contributed by atoms with Crippen molar-refractivity contribution in [1.82, 2.24) is 30.4 Å². The van der Waals surface area contributed by atoms with Gasteiger partial charge in [0, 0.05) is 11.1 Å². The quantitative estimate of drug-likeness (QED) is 0.372. The third-order valence-electron chi connectivity index (χ3n) is 4.73. The summed E-state index contributed by atoms with van der Waals surface area (Å²) >= 11 is 0. The van der Waals surface area contributed by atoms with E-state index in [0.29, 0.717) is 11.6 Å². The minimum Gasteiger partial charge on any atom is -0.387 e. The van der Waals surface area contributed by atoms with Gasteiger partial charge < -0.3 is 9.47 Å². The average Bonchev–Trinajstić information content (AvgIpc) is 3.55. The molecular weight excluding hydrogens is 436 g/mol. The first-order valence-corrected chi connectivity index (χ1v) is 10.2. The summed E-state index contributed by atoms with van der Waals surface area (Å²) in [5.41, 5.74) is 2.01. The van der Waals surface area contributed by atoms with Gasteiger partial charge in [-0.15, -0.1) is 0 Å². The largest absolute Gasteiger partial charge is 0.387 e. The summed E-state index contributed by atoms with van der Waals surface area (Å²) in [7, 11) is 0. The number of hydrogen-bond acceptors (Lipinski definition) is 8.